The van der Waals surface area contributed by atoms with Crippen molar-refractivity contribution in [2.24, 2.45) is 0 Å². The third-order valence-corrected chi connectivity index (χ3v) is 5.18. The number of hydrogen-bond donors (Lipinski definition) is 0. The molecule has 8 nitrogen and oxygen atoms in total. The molecule has 0 aliphatic carbocycles. The van der Waals surface area contributed by atoms with Crippen LogP contribution in [0.15, 0.2) is 24.7 Å². The van der Waals surface area contributed by atoms with E-state index in [2.05, 4.69) is 26.2 Å². The van der Waals surface area contributed by atoms with Gasteiger partial charge in [0.15, 0.2) is 5.82 Å². The van der Waals surface area contributed by atoms with Gasteiger partial charge in [0.05, 0.1) is 34.8 Å². The lowest BCUT2D eigenvalue weighted by Gasteiger charge is -2.17. The van der Waals surface area contributed by atoms with Gasteiger partial charge in [0.25, 0.3) is 0 Å². The highest BCUT2D eigenvalue weighted by atomic mass is 35.5. The minimum atomic E-state index is -0.331. The van der Waals surface area contributed by atoms with Crippen molar-refractivity contribution in [3.8, 4) is 11.9 Å². The zero-order chi connectivity index (χ0) is 21.8. The van der Waals surface area contributed by atoms with Crippen molar-refractivity contribution < 1.29 is 9.53 Å². The summed E-state index contributed by atoms with van der Waals surface area (Å²) in [5, 5.41) is 18.0. The van der Waals surface area contributed by atoms with Crippen molar-refractivity contribution in [1.29, 1.82) is 5.26 Å². The van der Waals surface area contributed by atoms with Crippen molar-refractivity contribution in [2.45, 2.75) is 39.7 Å². The Kier molecular flexibility index (Phi) is 6.55. The summed E-state index contributed by atoms with van der Waals surface area (Å²) in [4.78, 5) is 22.9. The van der Waals surface area contributed by atoms with E-state index in [9.17, 15) is 10.1 Å². The number of hydrogen-bond acceptors (Lipinski definition) is 7. The largest absolute Gasteiger partial charge is 0.377 e. The highest BCUT2D eigenvalue weighted by Gasteiger charge is 2.21. The maximum Gasteiger partial charge on any atom is 0.193 e. The molecule has 3 aromatic heterocycles. The van der Waals surface area contributed by atoms with E-state index in [1.807, 2.05) is 13.8 Å². The van der Waals surface area contributed by atoms with Gasteiger partial charge in [-0.1, -0.05) is 11.6 Å². The van der Waals surface area contributed by atoms with E-state index in [1.165, 1.54) is 17.2 Å². The number of ether oxygens (including phenoxy) is 1. The number of nitriles is 1. The number of ketones is 1. The normalized spacial score (nSPS) is 11.9. The van der Waals surface area contributed by atoms with E-state index in [-0.39, 0.29) is 24.7 Å². The molecule has 9 heteroatoms. The Morgan fingerprint density at radius 2 is 1.90 bits per heavy atom. The van der Waals surface area contributed by atoms with Crippen LogP contribution in [0.25, 0.3) is 5.82 Å². The first-order chi connectivity index (χ1) is 14.3. The van der Waals surface area contributed by atoms with Crippen LogP contribution in [0.4, 0.5) is 0 Å². The van der Waals surface area contributed by atoms with Gasteiger partial charge >= 0.3 is 0 Å². The highest BCUT2D eigenvalue weighted by Crippen LogP contribution is 2.27. The number of carbonyl (C=O) groups excluding carboxylic acids is 1. The number of carbonyl (C=O) groups is 1. The average Bonchev–Trinajstić information content (AvgIpc) is 3.25. The van der Waals surface area contributed by atoms with Crippen LogP contribution < -0.4 is 0 Å². The summed E-state index contributed by atoms with van der Waals surface area (Å²) < 4.78 is 5.43. The first-order valence-electron chi connectivity index (χ1n) is 9.31. The summed E-state index contributed by atoms with van der Waals surface area (Å²) in [5.41, 5.74) is 3.85. The molecule has 1 unspecified atom stereocenters. The lowest BCUT2D eigenvalue weighted by atomic mass is 9.93. The first-order valence-corrected chi connectivity index (χ1v) is 9.69. The Hall–Kier alpha value is -3.15. The second-order valence-corrected chi connectivity index (χ2v) is 7.30. The number of nitrogens with zero attached hydrogens (tertiary/aromatic N) is 6. The van der Waals surface area contributed by atoms with Gasteiger partial charge in [-0.3, -0.25) is 9.78 Å². The van der Waals surface area contributed by atoms with Crippen molar-refractivity contribution in [3.05, 3.63) is 63.3 Å². The van der Waals surface area contributed by atoms with Gasteiger partial charge in [0.1, 0.15) is 11.9 Å². The molecule has 3 rings (SSSR count). The van der Waals surface area contributed by atoms with Gasteiger partial charge in [-0.25, -0.2) is 4.98 Å². The van der Waals surface area contributed by atoms with Gasteiger partial charge in [-0.15, -0.1) is 4.80 Å². The minimum absolute atomic E-state index is 0.0416. The van der Waals surface area contributed by atoms with Gasteiger partial charge in [-0.2, -0.15) is 15.5 Å². The molecule has 0 aliphatic heterocycles. The van der Waals surface area contributed by atoms with E-state index >= 15 is 0 Å². The summed E-state index contributed by atoms with van der Waals surface area (Å²) >= 11 is 6.34. The van der Waals surface area contributed by atoms with E-state index in [1.54, 1.807) is 26.3 Å². The van der Waals surface area contributed by atoms with Crippen LogP contribution in [0, 0.1) is 25.2 Å². The summed E-state index contributed by atoms with van der Waals surface area (Å²) in [7, 11) is 1.57. The number of methoxy groups -OCH3 is 1. The van der Waals surface area contributed by atoms with Crippen molar-refractivity contribution in [1.82, 2.24) is 25.0 Å². The summed E-state index contributed by atoms with van der Waals surface area (Å²) in [6, 6.07) is 3.90. The Labute approximate surface area is 179 Å². The second kappa shape index (κ2) is 9.11. The molecule has 0 aliphatic rings. The predicted octanol–water partition coefficient (Wildman–Crippen LogP) is 3.26. The fourth-order valence-electron chi connectivity index (χ4n) is 3.27. The van der Waals surface area contributed by atoms with E-state index in [0.29, 0.717) is 38.9 Å². The molecule has 154 valence electrons. The van der Waals surface area contributed by atoms with Crippen LogP contribution >= 0.6 is 11.6 Å². The number of aryl methyl sites for hydroxylation is 2. The molecule has 1 atom stereocenters. The SMILES string of the molecule is COC(C)c1c(CC(=O)Cc2cc(Cl)c(-n3nccn3)nc2C)cnc(C)c1C#N. The van der Waals surface area contributed by atoms with E-state index in [4.69, 9.17) is 16.3 Å². The van der Waals surface area contributed by atoms with Gasteiger partial charge in [-0.05, 0) is 38.0 Å². The minimum Gasteiger partial charge on any atom is -0.377 e. The maximum atomic E-state index is 12.9. The molecule has 0 N–H and O–H groups in total. The zero-order valence-corrected chi connectivity index (χ0v) is 17.9. The van der Waals surface area contributed by atoms with E-state index < -0.39 is 0 Å². The molecule has 3 aromatic rings. The van der Waals surface area contributed by atoms with E-state index in [0.717, 1.165) is 5.56 Å². The molecule has 30 heavy (non-hydrogen) atoms. The Morgan fingerprint density at radius 1 is 1.23 bits per heavy atom. The third-order valence-electron chi connectivity index (χ3n) is 4.90. The van der Waals surface area contributed by atoms with Crippen LogP contribution in [0.2, 0.25) is 5.02 Å². The smallest absolute Gasteiger partial charge is 0.193 e. The molecule has 0 radical (unpaired) electrons. The predicted molar refractivity (Wildman–Crippen MR) is 110 cm³/mol. The van der Waals surface area contributed by atoms with Gasteiger partial charge < -0.3 is 4.74 Å². The molecule has 0 fully saturated rings. The van der Waals surface area contributed by atoms with Crippen LogP contribution in [-0.4, -0.2) is 37.9 Å². The van der Waals surface area contributed by atoms with Gasteiger partial charge in [0, 0.05) is 37.4 Å². The fraction of sp³-hybridized carbons (Fsp3) is 0.333. The van der Waals surface area contributed by atoms with Crippen molar-refractivity contribution >= 4 is 17.4 Å². The third kappa shape index (κ3) is 4.37. The van der Waals surface area contributed by atoms with Crippen LogP contribution in [0.5, 0.6) is 0 Å². The first kappa shape index (κ1) is 21.6. The Balaban J connectivity index is 1.87. The summed E-state index contributed by atoms with van der Waals surface area (Å²) in [6.07, 6.45) is 4.67. The number of pyridine rings is 2. The lowest BCUT2D eigenvalue weighted by Crippen LogP contribution is -2.14. The van der Waals surface area contributed by atoms with Crippen LogP contribution in [-0.2, 0) is 22.4 Å². The number of Topliss-reactive ketones (excluding diaryl/α,β-unsaturated/α-hetero) is 1. The Morgan fingerprint density at radius 3 is 2.53 bits per heavy atom. The lowest BCUT2D eigenvalue weighted by molar-refractivity contribution is -0.117. The Bertz CT molecular complexity index is 1120. The molecule has 0 amide bonds. The summed E-state index contributed by atoms with van der Waals surface area (Å²) in [6.45, 7) is 5.42. The van der Waals surface area contributed by atoms with Crippen molar-refractivity contribution in [2.75, 3.05) is 7.11 Å². The van der Waals surface area contributed by atoms with Crippen molar-refractivity contribution in [3.63, 3.8) is 0 Å². The number of aromatic nitrogens is 5. The standard InChI is InChI=1S/C21H21ClN6O2/c1-12-15(9-19(22)21(27-12)28-25-5-6-26-28)7-17(29)8-16-11-24-13(2)18(10-23)20(16)14(3)30-4/h5-6,9,11,14H,7-8H2,1-4H3. The maximum absolute atomic E-state index is 12.9. The number of rotatable bonds is 7. The molecule has 0 saturated heterocycles. The molecule has 0 aromatic carbocycles. The highest BCUT2D eigenvalue weighted by molar-refractivity contribution is 6.32. The monoisotopic (exact) mass is 424 g/mol. The second-order valence-electron chi connectivity index (χ2n) is 6.90. The average molecular weight is 425 g/mol. The summed E-state index contributed by atoms with van der Waals surface area (Å²) in [5.74, 6) is 0.369. The molecule has 0 bridgehead atoms. The fourth-order valence-corrected chi connectivity index (χ4v) is 3.52. The van der Waals surface area contributed by atoms with Crippen LogP contribution in [0.3, 0.4) is 0 Å². The molecule has 0 spiro atoms. The zero-order valence-electron chi connectivity index (χ0n) is 17.2. The topological polar surface area (TPSA) is 107 Å². The molecule has 3 heterocycles. The molecular weight excluding hydrogens is 404 g/mol. The quantitative estimate of drug-likeness (QED) is 0.572. The van der Waals surface area contributed by atoms with Crippen LogP contribution in [0.1, 0.15) is 46.7 Å². The number of halogens is 1. The van der Waals surface area contributed by atoms with Gasteiger partial charge in [0.2, 0.25) is 0 Å². The molecule has 0 saturated carbocycles. The molecular formula is C21H21ClN6O2.